The van der Waals surface area contributed by atoms with Gasteiger partial charge in [-0.1, -0.05) is 18.9 Å². The van der Waals surface area contributed by atoms with Crippen LogP contribution in [0.2, 0.25) is 0 Å². The van der Waals surface area contributed by atoms with Crippen LogP contribution in [0.5, 0.6) is 0 Å². The second-order valence-corrected chi connectivity index (χ2v) is 4.42. The molecule has 0 aromatic carbocycles. The van der Waals surface area contributed by atoms with Crippen LogP contribution in [0.3, 0.4) is 0 Å². The molecule has 0 aliphatic carbocycles. The van der Waals surface area contributed by atoms with Crippen molar-refractivity contribution >= 4 is 17.2 Å². The van der Waals surface area contributed by atoms with E-state index in [1.165, 1.54) is 4.68 Å². The van der Waals surface area contributed by atoms with Crippen LogP contribution in [0.25, 0.3) is 5.65 Å². The molecule has 0 unspecified atom stereocenters. The molecule has 92 valence electrons. The van der Waals surface area contributed by atoms with E-state index in [4.69, 9.17) is 11.6 Å². The quantitative estimate of drug-likeness (QED) is 0.585. The van der Waals surface area contributed by atoms with Gasteiger partial charge in [0.1, 0.15) is 0 Å². The number of nitrogens with zero attached hydrogens (tertiary/aromatic N) is 3. The minimum absolute atomic E-state index is 0.0575. The van der Waals surface area contributed by atoms with Gasteiger partial charge < -0.3 is 0 Å². The number of aromatic nitrogens is 3. The number of hydrogen-bond donors (Lipinski definition) is 0. The molecular weight excluding hydrogens is 238 g/mol. The summed E-state index contributed by atoms with van der Waals surface area (Å²) in [5.74, 6) is 0.717. The van der Waals surface area contributed by atoms with Crippen LogP contribution in [0, 0.1) is 0 Å². The van der Waals surface area contributed by atoms with Gasteiger partial charge in [-0.05, 0) is 25.0 Å². The smallest absolute Gasteiger partial charge is 0.250 e. The molecular formula is C12H16ClN3O. The summed E-state index contributed by atoms with van der Waals surface area (Å²) in [4.78, 5) is 11.9. The Hall–Kier alpha value is -1.29. The summed E-state index contributed by atoms with van der Waals surface area (Å²) in [7, 11) is 0. The van der Waals surface area contributed by atoms with Crippen molar-refractivity contribution < 1.29 is 0 Å². The predicted molar refractivity (Wildman–Crippen MR) is 68.6 cm³/mol. The zero-order valence-corrected chi connectivity index (χ0v) is 10.4. The molecule has 5 heteroatoms. The molecule has 17 heavy (non-hydrogen) atoms. The van der Waals surface area contributed by atoms with E-state index < -0.39 is 0 Å². The number of fused-ring (bicyclic) bond motifs is 1. The normalized spacial score (nSPS) is 11.1. The van der Waals surface area contributed by atoms with Crippen LogP contribution in [0.15, 0.2) is 29.2 Å². The number of aryl methyl sites for hydroxylation is 1. The molecule has 0 bridgehead atoms. The molecule has 0 spiro atoms. The van der Waals surface area contributed by atoms with E-state index in [1.54, 1.807) is 10.6 Å². The molecule has 0 fully saturated rings. The molecule has 0 saturated carbocycles. The number of hydrogen-bond acceptors (Lipinski definition) is 2. The van der Waals surface area contributed by atoms with Gasteiger partial charge in [0.15, 0.2) is 5.65 Å². The maximum atomic E-state index is 11.9. The molecule has 4 nitrogen and oxygen atoms in total. The van der Waals surface area contributed by atoms with E-state index >= 15 is 0 Å². The third kappa shape index (κ3) is 2.88. The van der Waals surface area contributed by atoms with Crippen molar-refractivity contribution in [1.82, 2.24) is 14.2 Å². The van der Waals surface area contributed by atoms with Crippen molar-refractivity contribution in [3.8, 4) is 0 Å². The summed E-state index contributed by atoms with van der Waals surface area (Å²) in [6.45, 7) is 0.683. The van der Waals surface area contributed by atoms with E-state index in [9.17, 15) is 4.79 Å². The Morgan fingerprint density at radius 2 is 2.00 bits per heavy atom. The summed E-state index contributed by atoms with van der Waals surface area (Å²) in [6.07, 6.45) is 5.97. The van der Waals surface area contributed by atoms with E-state index in [-0.39, 0.29) is 5.69 Å². The lowest BCUT2D eigenvalue weighted by Crippen LogP contribution is -2.21. The van der Waals surface area contributed by atoms with Gasteiger partial charge >= 0.3 is 5.69 Å². The standard InChI is InChI=1S/C12H16ClN3O/c13-8-4-1-2-5-10-16-12(17)15-9-6-3-7-11(15)14-16/h3,6-7,9H,1-2,4-5,8,10H2. The molecule has 0 amide bonds. The first-order valence-electron chi connectivity index (χ1n) is 5.93. The van der Waals surface area contributed by atoms with Gasteiger partial charge in [0, 0.05) is 18.6 Å². The molecule has 0 N–H and O–H groups in total. The molecule has 0 aliphatic rings. The highest BCUT2D eigenvalue weighted by atomic mass is 35.5. The highest BCUT2D eigenvalue weighted by molar-refractivity contribution is 6.17. The van der Waals surface area contributed by atoms with Gasteiger partial charge in [0.05, 0.1) is 0 Å². The Morgan fingerprint density at radius 3 is 2.76 bits per heavy atom. The van der Waals surface area contributed by atoms with Gasteiger partial charge in [-0.2, -0.15) is 0 Å². The fraction of sp³-hybridized carbons (Fsp3) is 0.500. The van der Waals surface area contributed by atoms with Gasteiger partial charge in [0.2, 0.25) is 0 Å². The van der Waals surface area contributed by atoms with Crippen LogP contribution in [0.1, 0.15) is 25.7 Å². The van der Waals surface area contributed by atoms with Crippen LogP contribution < -0.4 is 5.69 Å². The maximum absolute atomic E-state index is 11.9. The van der Waals surface area contributed by atoms with Crippen molar-refractivity contribution in [2.24, 2.45) is 0 Å². The summed E-state index contributed by atoms with van der Waals surface area (Å²) in [6, 6.07) is 5.55. The van der Waals surface area contributed by atoms with Crippen molar-refractivity contribution in [2.75, 3.05) is 5.88 Å². The van der Waals surface area contributed by atoms with Gasteiger partial charge in [0.25, 0.3) is 0 Å². The minimum atomic E-state index is -0.0575. The Kier molecular flexibility index (Phi) is 4.20. The Morgan fingerprint density at radius 1 is 1.18 bits per heavy atom. The summed E-state index contributed by atoms with van der Waals surface area (Å²) in [5.41, 5.74) is 0.649. The first kappa shape index (κ1) is 12.2. The Bertz CT molecular complexity index is 532. The molecule has 2 aromatic rings. The molecule has 2 heterocycles. The molecule has 0 atom stereocenters. The van der Waals surface area contributed by atoms with E-state index in [0.29, 0.717) is 18.1 Å². The number of rotatable bonds is 6. The van der Waals surface area contributed by atoms with Crippen LogP contribution in [-0.2, 0) is 6.54 Å². The minimum Gasteiger partial charge on any atom is -0.250 e. The number of unbranched alkanes of at least 4 members (excludes halogenated alkanes) is 3. The second-order valence-electron chi connectivity index (χ2n) is 4.04. The van der Waals surface area contributed by atoms with Gasteiger partial charge in [-0.15, -0.1) is 16.7 Å². The second kappa shape index (κ2) is 5.87. The molecule has 2 rings (SSSR count). The largest absolute Gasteiger partial charge is 0.350 e. The average molecular weight is 254 g/mol. The fourth-order valence-electron chi connectivity index (χ4n) is 1.82. The zero-order chi connectivity index (χ0) is 12.1. The van der Waals surface area contributed by atoms with Crippen LogP contribution in [-0.4, -0.2) is 20.1 Å². The number of alkyl halides is 1. The van der Waals surface area contributed by atoms with Crippen molar-refractivity contribution in [1.29, 1.82) is 0 Å². The monoisotopic (exact) mass is 253 g/mol. The Labute approximate surface area is 105 Å². The SMILES string of the molecule is O=c1n(CCCCCCCl)nc2ccccn12. The molecule has 2 aromatic heterocycles. The molecule has 0 saturated heterocycles. The number of pyridine rings is 1. The predicted octanol–water partition coefficient (Wildman–Crippen LogP) is 2.30. The lowest BCUT2D eigenvalue weighted by Gasteiger charge is -1.98. The summed E-state index contributed by atoms with van der Waals surface area (Å²) < 4.78 is 3.11. The van der Waals surface area contributed by atoms with Gasteiger partial charge in [-0.3, -0.25) is 4.40 Å². The third-order valence-corrected chi connectivity index (χ3v) is 3.01. The molecule has 0 aliphatic heterocycles. The fourth-order valence-corrected chi connectivity index (χ4v) is 2.01. The third-order valence-electron chi connectivity index (χ3n) is 2.74. The highest BCUT2D eigenvalue weighted by Crippen LogP contribution is 2.02. The summed E-state index contributed by atoms with van der Waals surface area (Å²) in [5, 5.41) is 4.27. The van der Waals surface area contributed by atoms with Crippen LogP contribution >= 0.6 is 11.6 Å². The first-order valence-corrected chi connectivity index (χ1v) is 6.46. The van der Waals surface area contributed by atoms with E-state index in [2.05, 4.69) is 5.10 Å². The highest BCUT2D eigenvalue weighted by Gasteiger charge is 2.04. The summed E-state index contributed by atoms with van der Waals surface area (Å²) >= 11 is 5.61. The lowest BCUT2D eigenvalue weighted by molar-refractivity contribution is 0.528. The van der Waals surface area contributed by atoms with E-state index in [0.717, 1.165) is 25.7 Å². The number of halogens is 1. The van der Waals surface area contributed by atoms with Crippen LogP contribution in [0.4, 0.5) is 0 Å². The van der Waals surface area contributed by atoms with Crippen molar-refractivity contribution in [2.45, 2.75) is 32.2 Å². The first-order chi connectivity index (χ1) is 8.33. The zero-order valence-electron chi connectivity index (χ0n) is 9.68. The van der Waals surface area contributed by atoms with Gasteiger partial charge in [-0.25, -0.2) is 9.48 Å². The van der Waals surface area contributed by atoms with Crippen molar-refractivity contribution in [3.05, 3.63) is 34.9 Å². The lowest BCUT2D eigenvalue weighted by atomic mass is 10.2. The molecule has 0 radical (unpaired) electrons. The van der Waals surface area contributed by atoms with Crippen molar-refractivity contribution in [3.63, 3.8) is 0 Å². The maximum Gasteiger partial charge on any atom is 0.350 e. The van der Waals surface area contributed by atoms with E-state index in [1.807, 2.05) is 18.2 Å². The topological polar surface area (TPSA) is 39.3 Å². The average Bonchev–Trinajstić information content (AvgIpc) is 2.67. The Balaban J connectivity index is 1.99.